The molecule has 0 aliphatic carbocycles. The molecule has 1 atom stereocenters. The van der Waals surface area contributed by atoms with Gasteiger partial charge in [-0.1, -0.05) is 24.3 Å². The van der Waals surface area contributed by atoms with E-state index in [1.807, 2.05) is 6.07 Å². The van der Waals surface area contributed by atoms with Gasteiger partial charge in [0.2, 0.25) is 5.91 Å². The van der Waals surface area contributed by atoms with Gasteiger partial charge in [-0.15, -0.1) is 0 Å². The van der Waals surface area contributed by atoms with Crippen LogP contribution in [0.1, 0.15) is 6.42 Å². The Morgan fingerprint density at radius 1 is 1.09 bits per heavy atom. The van der Waals surface area contributed by atoms with Crippen LogP contribution in [-0.4, -0.2) is 68.2 Å². The number of rotatable bonds is 8. The summed E-state index contributed by atoms with van der Waals surface area (Å²) in [5.74, 6) is -0.169. The number of benzene rings is 2. The molecule has 0 bridgehead atoms. The molecule has 9 nitrogen and oxygen atoms in total. The van der Waals surface area contributed by atoms with Gasteiger partial charge in [-0.05, 0) is 24.3 Å². The van der Waals surface area contributed by atoms with Gasteiger partial charge in [0.1, 0.15) is 18.4 Å². The zero-order valence-corrected chi connectivity index (χ0v) is 17.7. The summed E-state index contributed by atoms with van der Waals surface area (Å²) in [6.07, 6.45) is -0.157. The lowest BCUT2D eigenvalue weighted by Crippen LogP contribution is -2.38. The van der Waals surface area contributed by atoms with E-state index in [4.69, 9.17) is 9.47 Å². The lowest BCUT2D eigenvalue weighted by atomic mass is 10.2. The molecule has 2 N–H and O–H groups in total. The summed E-state index contributed by atoms with van der Waals surface area (Å²) in [6.45, 7) is 4.63. The predicted octanol–water partition coefficient (Wildman–Crippen LogP) is 1.85. The Hall–Kier alpha value is -3.43. The van der Waals surface area contributed by atoms with Crippen molar-refractivity contribution < 1.29 is 23.9 Å². The van der Waals surface area contributed by atoms with Crippen molar-refractivity contribution >= 4 is 29.2 Å². The van der Waals surface area contributed by atoms with Crippen LogP contribution in [0.2, 0.25) is 0 Å². The highest BCUT2D eigenvalue weighted by Crippen LogP contribution is 2.21. The maximum Gasteiger partial charge on any atom is 0.329 e. The van der Waals surface area contributed by atoms with Crippen molar-refractivity contribution in [3.8, 4) is 5.75 Å². The molecule has 4 amide bonds. The monoisotopic (exact) mass is 438 g/mol. The number of ether oxygens (including phenoxy) is 2. The second-order valence-corrected chi connectivity index (χ2v) is 7.59. The molecule has 32 heavy (non-hydrogen) atoms. The van der Waals surface area contributed by atoms with E-state index in [0.29, 0.717) is 23.7 Å². The number of nitrogens with zero attached hydrogens (tertiary/aromatic N) is 2. The molecule has 2 aromatic carbocycles. The molecular weight excluding hydrogens is 412 g/mol. The number of morpholine rings is 1. The fourth-order valence-electron chi connectivity index (χ4n) is 3.67. The van der Waals surface area contributed by atoms with E-state index >= 15 is 0 Å². The summed E-state index contributed by atoms with van der Waals surface area (Å²) in [5, 5.41) is 5.35. The highest BCUT2D eigenvalue weighted by Gasteiger charge is 2.39. The van der Waals surface area contributed by atoms with Gasteiger partial charge in [0.05, 0.1) is 25.3 Å². The number of carbonyl (C=O) groups is 3. The number of hydrogen-bond acceptors (Lipinski definition) is 6. The molecule has 0 unspecified atom stereocenters. The summed E-state index contributed by atoms with van der Waals surface area (Å²) < 4.78 is 11.1. The Labute approximate surface area is 186 Å². The summed E-state index contributed by atoms with van der Waals surface area (Å²) in [4.78, 5) is 40.7. The molecule has 2 fully saturated rings. The van der Waals surface area contributed by atoms with E-state index in [-0.39, 0.29) is 12.3 Å². The minimum atomic E-state index is -0.907. The molecule has 4 rings (SSSR count). The molecule has 2 aromatic rings. The van der Waals surface area contributed by atoms with E-state index in [0.717, 1.165) is 37.7 Å². The normalized spacial score (nSPS) is 19.0. The van der Waals surface area contributed by atoms with Gasteiger partial charge in [-0.2, -0.15) is 0 Å². The van der Waals surface area contributed by atoms with Crippen LogP contribution in [0.3, 0.4) is 0 Å². The molecule has 2 aliphatic heterocycles. The third kappa shape index (κ3) is 5.43. The lowest BCUT2D eigenvalue weighted by molar-refractivity contribution is -0.122. The number of para-hydroxylation sites is 1. The van der Waals surface area contributed by atoms with E-state index in [9.17, 15) is 14.4 Å². The van der Waals surface area contributed by atoms with Gasteiger partial charge in [-0.25, -0.2) is 9.69 Å². The third-order valence-electron chi connectivity index (χ3n) is 5.32. The maximum absolute atomic E-state index is 12.6. The van der Waals surface area contributed by atoms with Crippen LogP contribution >= 0.6 is 0 Å². The van der Waals surface area contributed by atoms with Crippen molar-refractivity contribution in [3.63, 3.8) is 0 Å². The Balaban J connectivity index is 1.28. The Morgan fingerprint density at radius 3 is 2.66 bits per heavy atom. The average Bonchev–Trinajstić information content (AvgIpc) is 3.08. The van der Waals surface area contributed by atoms with E-state index in [1.165, 1.54) is 0 Å². The third-order valence-corrected chi connectivity index (χ3v) is 5.32. The minimum Gasteiger partial charge on any atom is -0.492 e. The first-order valence-corrected chi connectivity index (χ1v) is 10.6. The van der Waals surface area contributed by atoms with Gasteiger partial charge >= 0.3 is 6.03 Å². The van der Waals surface area contributed by atoms with E-state index < -0.39 is 18.0 Å². The maximum atomic E-state index is 12.6. The van der Waals surface area contributed by atoms with Crippen LogP contribution in [0, 0.1) is 0 Å². The molecule has 9 heteroatoms. The quantitative estimate of drug-likeness (QED) is 0.611. The average molecular weight is 438 g/mol. The highest BCUT2D eigenvalue weighted by atomic mass is 16.5. The van der Waals surface area contributed by atoms with Crippen LogP contribution in [0.5, 0.6) is 5.75 Å². The van der Waals surface area contributed by atoms with Crippen LogP contribution in [0.4, 0.5) is 16.2 Å². The number of anilines is 2. The number of urea groups is 1. The molecular formula is C23H26N4O5. The second kappa shape index (κ2) is 10.3. The van der Waals surface area contributed by atoms with E-state index in [1.54, 1.807) is 48.5 Å². The number of carbonyl (C=O) groups excluding carboxylic acids is 3. The molecule has 0 spiro atoms. The highest BCUT2D eigenvalue weighted by molar-refractivity contribution is 6.22. The van der Waals surface area contributed by atoms with Crippen molar-refractivity contribution in [2.24, 2.45) is 0 Å². The van der Waals surface area contributed by atoms with Crippen molar-refractivity contribution in [2.45, 2.75) is 12.5 Å². The summed E-state index contributed by atoms with van der Waals surface area (Å²) in [7, 11) is 0. The largest absolute Gasteiger partial charge is 0.492 e. The van der Waals surface area contributed by atoms with Crippen LogP contribution < -0.4 is 20.3 Å². The van der Waals surface area contributed by atoms with Crippen LogP contribution in [-0.2, 0) is 14.3 Å². The lowest BCUT2D eigenvalue weighted by Gasteiger charge is -2.26. The molecule has 2 heterocycles. The molecule has 0 radical (unpaired) electrons. The van der Waals surface area contributed by atoms with Gasteiger partial charge in [0.15, 0.2) is 0 Å². The smallest absolute Gasteiger partial charge is 0.329 e. The fourth-order valence-corrected chi connectivity index (χ4v) is 3.67. The van der Waals surface area contributed by atoms with Gasteiger partial charge < -0.3 is 20.1 Å². The SMILES string of the molecule is O=C(C[C@@H]1NC(=O)N(c2ccccc2)C1=O)Nc1cccc(OCCN2CCOCC2)c1. The fraction of sp³-hybridized carbons (Fsp3) is 0.348. The van der Waals surface area contributed by atoms with E-state index in [2.05, 4.69) is 15.5 Å². The van der Waals surface area contributed by atoms with Gasteiger partial charge in [-0.3, -0.25) is 14.5 Å². The predicted molar refractivity (Wildman–Crippen MR) is 119 cm³/mol. The topological polar surface area (TPSA) is 100 Å². The standard InChI is InChI=1S/C23H26N4O5/c28-21(16-20-22(29)27(23(30)25-20)18-6-2-1-3-7-18)24-17-5-4-8-19(15-17)32-14-11-26-9-12-31-13-10-26/h1-8,15,20H,9-14,16H2,(H,24,28)(H,25,30)/t20-/m0/s1. The van der Waals surface area contributed by atoms with Crippen molar-refractivity contribution in [1.82, 2.24) is 10.2 Å². The van der Waals surface area contributed by atoms with Gasteiger partial charge in [0, 0.05) is 31.4 Å². The van der Waals surface area contributed by atoms with Crippen LogP contribution in [0.25, 0.3) is 0 Å². The summed E-state index contributed by atoms with van der Waals surface area (Å²) >= 11 is 0. The van der Waals surface area contributed by atoms with Crippen molar-refractivity contribution in [2.75, 3.05) is 49.7 Å². The van der Waals surface area contributed by atoms with Crippen molar-refractivity contribution in [1.29, 1.82) is 0 Å². The Bertz CT molecular complexity index is 962. The molecule has 168 valence electrons. The molecule has 0 saturated carbocycles. The van der Waals surface area contributed by atoms with Crippen molar-refractivity contribution in [3.05, 3.63) is 54.6 Å². The first-order chi connectivity index (χ1) is 15.6. The molecule has 2 saturated heterocycles. The number of hydrogen-bond donors (Lipinski definition) is 2. The number of nitrogens with one attached hydrogen (secondary N) is 2. The zero-order chi connectivity index (χ0) is 22.3. The first-order valence-electron chi connectivity index (χ1n) is 10.6. The zero-order valence-electron chi connectivity index (χ0n) is 17.7. The first kappa shape index (κ1) is 21.8. The molecule has 2 aliphatic rings. The summed E-state index contributed by atoms with van der Waals surface area (Å²) in [6, 6.07) is 14.3. The number of amides is 4. The Kier molecular flexibility index (Phi) is 6.98. The van der Waals surface area contributed by atoms with Gasteiger partial charge in [0.25, 0.3) is 5.91 Å². The minimum absolute atomic E-state index is 0.157. The second-order valence-electron chi connectivity index (χ2n) is 7.59. The van der Waals surface area contributed by atoms with Crippen LogP contribution in [0.15, 0.2) is 54.6 Å². The molecule has 0 aromatic heterocycles. The Morgan fingerprint density at radius 2 is 1.88 bits per heavy atom. The number of imide groups is 1. The summed E-state index contributed by atoms with van der Waals surface area (Å²) in [5.41, 5.74) is 1.04.